The number of carbonyl (C=O) groups is 2. The number of pyridine rings is 1. The van der Waals surface area contributed by atoms with Gasteiger partial charge in [0.15, 0.2) is 5.69 Å². The first-order valence-electron chi connectivity index (χ1n) is 10.9. The molecule has 176 valence electrons. The van der Waals surface area contributed by atoms with Crippen LogP contribution in [0.2, 0.25) is 0 Å². The Bertz CT molecular complexity index is 1040. The molecule has 1 fully saturated rings. The zero-order valence-electron chi connectivity index (χ0n) is 18.7. The van der Waals surface area contributed by atoms with Crippen molar-refractivity contribution >= 4 is 11.8 Å². The van der Waals surface area contributed by atoms with Gasteiger partial charge >= 0.3 is 0 Å². The van der Waals surface area contributed by atoms with Crippen molar-refractivity contribution in [1.29, 1.82) is 0 Å². The van der Waals surface area contributed by atoms with Crippen LogP contribution >= 0.6 is 0 Å². The van der Waals surface area contributed by atoms with Gasteiger partial charge in [-0.25, -0.2) is 4.39 Å². The largest absolute Gasteiger partial charge is 0.354 e. The first kappa shape index (κ1) is 22.6. The van der Waals surface area contributed by atoms with E-state index in [0.29, 0.717) is 18.2 Å². The third-order valence-corrected chi connectivity index (χ3v) is 5.53. The van der Waals surface area contributed by atoms with Crippen LogP contribution in [0.25, 0.3) is 0 Å². The summed E-state index contributed by atoms with van der Waals surface area (Å²) >= 11 is 0. The first-order valence-corrected chi connectivity index (χ1v) is 10.9. The van der Waals surface area contributed by atoms with E-state index in [2.05, 4.69) is 37.5 Å². The van der Waals surface area contributed by atoms with Crippen LogP contribution in [0.3, 0.4) is 0 Å². The third-order valence-electron chi connectivity index (χ3n) is 5.53. The highest BCUT2D eigenvalue weighted by molar-refractivity contribution is 5.92. The Hall–Kier alpha value is -3.54. The molecule has 0 aromatic carbocycles. The fourth-order valence-electron chi connectivity index (χ4n) is 3.55. The van der Waals surface area contributed by atoms with Crippen molar-refractivity contribution in [2.45, 2.75) is 44.4 Å². The number of alkyl halides is 1. The van der Waals surface area contributed by atoms with E-state index in [1.54, 1.807) is 24.5 Å². The second kappa shape index (κ2) is 9.94. The van der Waals surface area contributed by atoms with E-state index in [4.69, 9.17) is 0 Å². The number of nitrogens with zero attached hydrogens (tertiary/aromatic N) is 6. The molecule has 1 aliphatic heterocycles. The van der Waals surface area contributed by atoms with Gasteiger partial charge in [-0.1, -0.05) is 11.3 Å². The number of halogens is 1. The smallest absolute Gasteiger partial charge is 0.273 e. The van der Waals surface area contributed by atoms with E-state index >= 15 is 0 Å². The minimum atomic E-state index is -1.19. The van der Waals surface area contributed by atoms with Gasteiger partial charge in [0.1, 0.15) is 11.9 Å². The molecule has 1 saturated carbocycles. The molecular formula is C21H28FN9O2. The Kier molecular flexibility index (Phi) is 6.82. The molecule has 1 atom stereocenters. The van der Waals surface area contributed by atoms with Crippen molar-refractivity contribution in [1.82, 2.24) is 46.2 Å². The van der Waals surface area contributed by atoms with Gasteiger partial charge in [-0.05, 0) is 29.9 Å². The molecule has 2 aliphatic rings. The lowest BCUT2D eigenvalue weighted by atomic mass is 10.1. The summed E-state index contributed by atoms with van der Waals surface area (Å²) in [6, 6.07) is 2.09. The summed E-state index contributed by atoms with van der Waals surface area (Å²) in [5.41, 5.74) is 5.69. The van der Waals surface area contributed by atoms with Gasteiger partial charge < -0.3 is 10.6 Å². The van der Waals surface area contributed by atoms with Gasteiger partial charge in [0, 0.05) is 52.2 Å². The number of rotatable bonds is 10. The van der Waals surface area contributed by atoms with Gasteiger partial charge in [-0.2, -0.15) is 0 Å². The van der Waals surface area contributed by atoms with Crippen molar-refractivity contribution in [3.05, 3.63) is 53.4 Å². The summed E-state index contributed by atoms with van der Waals surface area (Å²) in [7, 11) is 3.20. The molecule has 3 heterocycles. The lowest BCUT2D eigenvalue weighted by molar-refractivity contribution is -0.119. The second-order valence-electron chi connectivity index (χ2n) is 8.24. The number of likely N-dealkylation sites (N-methyl/N-ethyl adjacent to an activating group) is 1. The minimum Gasteiger partial charge on any atom is -0.354 e. The van der Waals surface area contributed by atoms with Crippen molar-refractivity contribution in [3.8, 4) is 0 Å². The SMILES string of the molecule is CNC(=O)c1cn(CCC(F)CN2C=C(C(=O)NCc3cncc(C4CC4)c3)N(C)N2)nn1. The summed E-state index contributed by atoms with van der Waals surface area (Å²) in [4.78, 5) is 28.4. The van der Waals surface area contributed by atoms with E-state index < -0.39 is 6.17 Å². The fourth-order valence-corrected chi connectivity index (χ4v) is 3.55. The maximum atomic E-state index is 14.5. The van der Waals surface area contributed by atoms with E-state index in [1.807, 2.05) is 6.20 Å². The van der Waals surface area contributed by atoms with Gasteiger partial charge in [-0.3, -0.25) is 29.3 Å². The standard InChI is InChI=1S/C21H28FN9O2/c1-23-20(32)18-12-30(27-26-18)6-5-17(22)11-31-13-19(29(2)28-31)21(33)25-9-14-7-16(10-24-8-14)15-3-4-15/h7-8,10,12-13,15,17,28H,3-6,9,11H2,1-2H3,(H,23,32)(H,25,33). The predicted octanol–water partition coefficient (Wildman–Crippen LogP) is 0.463. The minimum absolute atomic E-state index is 0.0471. The van der Waals surface area contributed by atoms with Crippen molar-refractivity contribution in [3.63, 3.8) is 0 Å². The molecule has 0 radical (unpaired) electrons. The van der Waals surface area contributed by atoms with Gasteiger partial charge in [-0.15, -0.1) is 10.6 Å². The number of carbonyl (C=O) groups excluding carboxylic acids is 2. The molecular weight excluding hydrogens is 429 g/mol. The Morgan fingerprint density at radius 2 is 2.12 bits per heavy atom. The molecule has 12 heteroatoms. The highest BCUT2D eigenvalue weighted by atomic mass is 19.1. The molecule has 0 bridgehead atoms. The molecule has 0 saturated heterocycles. The Morgan fingerprint density at radius 1 is 1.30 bits per heavy atom. The van der Waals surface area contributed by atoms with Crippen LogP contribution in [0, 0.1) is 0 Å². The molecule has 2 amide bonds. The topological polar surface area (TPSA) is 120 Å². The zero-order valence-corrected chi connectivity index (χ0v) is 18.7. The Labute approximate surface area is 191 Å². The second-order valence-corrected chi connectivity index (χ2v) is 8.24. The maximum absolute atomic E-state index is 14.5. The maximum Gasteiger partial charge on any atom is 0.273 e. The quantitative estimate of drug-likeness (QED) is 0.471. The summed E-state index contributed by atoms with van der Waals surface area (Å²) in [6.45, 7) is 0.699. The summed E-state index contributed by atoms with van der Waals surface area (Å²) < 4.78 is 16.0. The van der Waals surface area contributed by atoms with Gasteiger partial charge in [0.2, 0.25) is 0 Å². The Balaban J connectivity index is 1.24. The predicted molar refractivity (Wildman–Crippen MR) is 117 cm³/mol. The average Bonchev–Trinajstić information content (AvgIpc) is 3.45. The lowest BCUT2D eigenvalue weighted by Crippen LogP contribution is -2.42. The molecule has 2 aromatic rings. The van der Waals surface area contributed by atoms with Crippen LogP contribution in [0.1, 0.15) is 46.8 Å². The number of amides is 2. The highest BCUT2D eigenvalue weighted by Gasteiger charge is 2.26. The van der Waals surface area contributed by atoms with E-state index in [9.17, 15) is 14.0 Å². The van der Waals surface area contributed by atoms with Crippen LogP contribution in [0.4, 0.5) is 4.39 Å². The molecule has 2 aromatic heterocycles. The van der Waals surface area contributed by atoms with Crippen LogP contribution in [-0.2, 0) is 17.9 Å². The molecule has 3 N–H and O–H groups in total. The number of hydrogen-bond donors (Lipinski definition) is 3. The molecule has 33 heavy (non-hydrogen) atoms. The lowest BCUT2D eigenvalue weighted by Gasteiger charge is -2.21. The van der Waals surface area contributed by atoms with Crippen LogP contribution in [0.15, 0.2) is 36.6 Å². The van der Waals surface area contributed by atoms with E-state index in [0.717, 1.165) is 5.56 Å². The van der Waals surface area contributed by atoms with E-state index in [1.165, 1.54) is 41.3 Å². The number of aromatic nitrogens is 4. The number of nitrogens with one attached hydrogen (secondary N) is 3. The number of hydrazine groups is 2. The molecule has 1 aliphatic carbocycles. The summed E-state index contributed by atoms with van der Waals surface area (Å²) in [6.07, 6.45) is 8.08. The fraction of sp³-hybridized carbons (Fsp3) is 0.476. The van der Waals surface area contributed by atoms with Gasteiger partial charge in [0.05, 0.1) is 12.7 Å². The van der Waals surface area contributed by atoms with Crippen LogP contribution in [0.5, 0.6) is 0 Å². The number of aryl methyl sites for hydroxylation is 1. The first-order chi connectivity index (χ1) is 15.9. The monoisotopic (exact) mass is 457 g/mol. The molecule has 11 nitrogen and oxygen atoms in total. The molecule has 1 unspecified atom stereocenters. The average molecular weight is 458 g/mol. The molecule has 0 spiro atoms. The third kappa shape index (κ3) is 5.83. The van der Waals surface area contributed by atoms with Gasteiger partial charge in [0.25, 0.3) is 11.8 Å². The Morgan fingerprint density at radius 3 is 2.88 bits per heavy atom. The van der Waals surface area contributed by atoms with E-state index in [-0.39, 0.29) is 37.0 Å². The number of hydrogen-bond acceptors (Lipinski definition) is 8. The normalized spacial score (nSPS) is 16.5. The zero-order chi connectivity index (χ0) is 23.4. The van der Waals surface area contributed by atoms with Crippen molar-refractivity contribution < 1.29 is 14.0 Å². The van der Waals surface area contributed by atoms with Crippen molar-refractivity contribution in [2.24, 2.45) is 0 Å². The summed E-state index contributed by atoms with van der Waals surface area (Å²) in [5.74, 6) is -0.0000608. The summed E-state index contributed by atoms with van der Waals surface area (Å²) in [5, 5.41) is 16.0. The highest BCUT2D eigenvalue weighted by Crippen LogP contribution is 2.39. The van der Waals surface area contributed by atoms with Crippen LogP contribution in [-0.4, -0.2) is 68.6 Å². The molecule has 4 rings (SSSR count). The van der Waals surface area contributed by atoms with Crippen molar-refractivity contribution in [2.75, 3.05) is 20.6 Å². The van der Waals surface area contributed by atoms with Crippen LogP contribution < -0.4 is 16.2 Å².